The molecule has 1 saturated heterocycles. The van der Waals surface area contributed by atoms with E-state index in [2.05, 4.69) is 25.3 Å². The van der Waals surface area contributed by atoms with Gasteiger partial charge in [-0.2, -0.15) is 5.10 Å². The lowest BCUT2D eigenvalue weighted by molar-refractivity contribution is 0.0931. The van der Waals surface area contributed by atoms with Crippen LogP contribution in [0.2, 0.25) is 0 Å². The molecular weight excluding hydrogens is 292 g/mol. The standard InChI is InChI=1S/C16H22N6O/c1-11-8-15(19-12(2)18-11)22-6-4-14(5-7-22)20-16(23)13-9-17-21(3)10-13/h8-10,14H,4-7H2,1-3H3,(H,20,23). The van der Waals surface area contributed by atoms with Crippen molar-refractivity contribution in [2.75, 3.05) is 18.0 Å². The average molecular weight is 314 g/mol. The molecule has 3 heterocycles. The van der Waals surface area contributed by atoms with Gasteiger partial charge in [0.25, 0.3) is 5.91 Å². The van der Waals surface area contributed by atoms with Gasteiger partial charge in [0.2, 0.25) is 0 Å². The first kappa shape index (κ1) is 15.5. The Morgan fingerprint density at radius 2 is 2.00 bits per heavy atom. The topological polar surface area (TPSA) is 75.9 Å². The SMILES string of the molecule is Cc1cc(N2CCC(NC(=O)c3cnn(C)c3)CC2)nc(C)n1. The highest BCUT2D eigenvalue weighted by molar-refractivity contribution is 5.93. The molecule has 0 radical (unpaired) electrons. The summed E-state index contributed by atoms with van der Waals surface area (Å²) in [6.07, 6.45) is 5.15. The van der Waals surface area contributed by atoms with Gasteiger partial charge >= 0.3 is 0 Å². The highest BCUT2D eigenvalue weighted by atomic mass is 16.1. The second-order valence-electron chi connectivity index (χ2n) is 6.05. The molecule has 7 nitrogen and oxygen atoms in total. The monoisotopic (exact) mass is 314 g/mol. The van der Waals surface area contributed by atoms with Crippen LogP contribution in [0.5, 0.6) is 0 Å². The molecule has 3 rings (SSSR count). The number of hydrogen-bond donors (Lipinski definition) is 1. The zero-order valence-corrected chi connectivity index (χ0v) is 13.8. The smallest absolute Gasteiger partial charge is 0.254 e. The fraction of sp³-hybridized carbons (Fsp3) is 0.500. The molecule has 0 atom stereocenters. The van der Waals surface area contributed by atoms with Crippen LogP contribution in [0.25, 0.3) is 0 Å². The molecule has 2 aromatic heterocycles. The van der Waals surface area contributed by atoms with E-state index >= 15 is 0 Å². The van der Waals surface area contributed by atoms with Gasteiger partial charge in [0.05, 0.1) is 11.8 Å². The lowest BCUT2D eigenvalue weighted by Gasteiger charge is -2.33. The Hall–Kier alpha value is -2.44. The average Bonchev–Trinajstić information content (AvgIpc) is 2.94. The van der Waals surface area contributed by atoms with Crippen LogP contribution in [0.4, 0.5) is 5.82 Å². The lowest BCUT2D eigenvalue weighted by Crippen LogP contribution is -2.45. The number of aromatic nitrogens is 4. The second kappa shape index (κ2) is 6.36. The van der Waals surface area contributed by atoms with Gasteiger partial charge in [0.15, 0.2) is 0 Å². The molecule has 23 heavy (non-hydrogen) atoms. The van der Waals surface area contributed by atoms with Gasteiger partial charge in [0, 0.05) is 44.1 Å². The summed E-state index contributed by atoms with van der Waals surface area (Å²) in [6, 6.07) is 2.21. The van der Waals surface area contributed by atoms with Gasteiger partial charge in [0.1, 0.15) is 11.6 Å². The number of anilines is 1. The predicted octanol–water partition coefficient (Wildman–Crippen LogP) is 1.23. The van der Waals surface area contributed by atoms with Crippen LogP contribution in [0.1, 0.15) is 34.7 Å². The van der Waals surface area contributed by atoms with Crippen molar-refractivity contribution < 1.29 is 4.79 Å². The van der Waals surface area contributed by atoms with Crippen LogP contribution in [0.15, 0.2) is 18.5 Å². The van der Waals surface area contributed by atoms with Crippen LogP contribution in [-0.4, -0.2) is 44.8 Å². The van der Waals surface area contributed by atoms with Crippen LogP contribution in [-0.2, 0) is 7.05 Å². The minimum absolute atomic E-state index is 0.0507. The van der Waals surface area contributed by atoms with E-state index in [9.17, 15) is 4.79 Å². The Balaban J connectivity index is 1.57. The third kappa shape index (κ3) is 3.67. The lowest BCUT2D eigenvalue weighted by atomic mass is 10.0. The van der Waals surface area contributed by atoms with E-state index in [1.807, 2.05) is 19.9 Å². The van der Waals surface area contributed by atoms with Gasteiger partial charge in [-0.05, 0) is 26.7 Å². The van der Waals surface area contributed by atoms with Crippen molar-refractivity contribution in [3.05, 3.63) is 35.5 Å². The summed E-state index contributed by atoms with van der Waals surface area (Å²) >= 11 is 0. The number of aryl methyl sites for hydroxylation is 3. The Labute approximate surface area is 135 Å². The van der Waals surface area contributed by atoms with E-state index in [0.29, 0.717) is 5.56 Å². The maximum atomic E-state index is 12.2. The quantitative estimate of drug-likeness (QED) is 0.922. The van der Waals surface area contributed by atoms with Gasteiger partial charge < -0.3 is 10.2 Å². The summed E-state index contributed by atoms with van der Waals surface area (Å²) in [7, 11) is 1.81. The van der Waals surface area contributed by atoms with Crippen molar-refractivity contribution in [1.29, 1.82) is 0 Å². The van der Waals surface area contributed by atoms with Crippen molar-refractivity contribution in [1.82, 2.24) is 25.1 Å². The summed E-state index contributed by atoms with van der Waals surface area (Å²) in [5, 5.41) is 7.12. The van der Waals surface area contributed by atoms with E-state index in [1.165, 1.54) is 0 Å². The number of amides is 1. The molecule has 1 amide bonds. The summed E-state index contributed by atoms with van der Waals surface area (Å²) in [4.78, 5) is 23.3. The van der Waals surface area contributed by atoms with Crippen LogP contribution in [0, 0.1) is 13.8 Å². The number of nitrogens with one attached hydrogen (secondary N) is 1. The first-order valence-electron chi connectivity index (χ1n) is 7.88. The second-order valence-corrected chi connectivity index (χ2v) is 6.05. The van der Waals surface area contributed by atoms with Crippen molar-refractivity contribution >= 4 is 11.7 Å². The Kier molecular flexibility index (Phi) is 4.27. The van der Waals surface area contributed by atoms with E-state index in [-0.39, 0.29) is 11.9 Å². The molecule has 1 N–H and O–H groups in total. The normalized spacial score (nSPS) is 15.7. The maximum absolute atomic E-state index is 12.2. The molecule has 0 spiro atoms. The van der Waals surface area contributed by atoms with Gasteiger partial charge in [-0.1, -0.05) is 0 Å². The highest BCUT2D eigenvalue weighted by Gasteiger charge is 2.22. The predicted molar refractivity (Wildman–Crippen MR) is 87.4 cm³/mol. The third-order valence-corrected chi connectivity index (χ3v) is 4.07. The molecule has 1 aliphatic rings. The molecule has 0 aliphatic carbocycles. The maximum Gasteiger partial charge on any atom is 0.254 e. The largest absolute Gasteiger partial charge is 0.356 e. The van der Waals surface area contributed by atoms with E-state index in [0.717, 1.165) is 43.3 Å². The Bertz CT molecular complexity index is 682. The zero-order valence-electron chi connectivity index (χ0n) is 13.8. The number of nitrogens with zero attached hydrogens (tertiary/aromatic N) is 5. The number of piperidine rings is 1. The fourth-order valence-corrected chi connectivity index (χ4v) is 2.92. The fourth-order valence-electron chi connectivity index (χ4n) is 2.92. The zero-order chi connectivity index (χ0) is 16.4. The summed E-state index contributed by atoms with van der Waals surface area (Å²) in [5.41, 5.74) is 1.59. The molecule has 122 valence electrons. The van der Waals surface area contributed by atoms with Crippen LogP contribution >= 0.6 is 0 Å². The molecule has 0 bridgehead atoms. The van der Waals surface area contributed by atoms with Gasteiger partial charge in [-0.15, -0.1) is 0 Å². The molecule has 1 fully saturated rings. The minimum atomic E-state index is -0.0507. The minimum Gasteiger partial charge on any atom is -0.356 e. The number of hydrogen-bond acceptors (Lipinski definition) is 5. The van der Waals surface area contributed by atoms with Crippen molar-refractivity contribution in [2.24, 2.45) is 7.05 Å². The molecule has 2 aromatic rings. The van der Waals surface area contributed by atoms with E-state index in [4.69, 9.17) is 0 Å². The summed E-state index contributed by atoms with van der Waals surface area (Å²) < 4.78 is 1.64. The molecular formula is C16H22N6O. The Morgan fingerprint density at radius 3 is 2.61 bits per heavy atom. The third-order valence-electron chi connectivity index (χ3n) is 4.07. The molecule has 0 saturated carbocycles. The van der Waals surface area contributed by atoms with Crippen LogP contribution < -0.4 is 10.2 Å². The first-order chi connectivity index (χ1) is 11.0. The molecule has 1 aliphatic heterocycles. The number of carbonyl (C=O) groups excluding carboxylic acids is 1. The van der Waals surface area contributed by atoms with Gasteiger partial charge in [-0.3, -0.25) is 9.48 Å². The summed E-state index contributed by atoms with van der Waals surface area (Å²) in [6.45, 7) is 5.66. The van der Waals surface area contributed by atoms with Crippen molar-refractivity contribution in [2.45, 2.75) is 32.7 Å². The first-order valence-corrected chi connectivity index (χ1v) is 7.88. The van der Waals surface area contributed by atoms with E-state index in [1.54, 1.807) is 24.1 Å². The van der Waals surface area contributed by atoms with Crippen molar-refractivity contribution in [3.63, 3.8) is 0 Å². The van der Waals surface area contributed by atoms with Crippen molar-refractivity contribution in [3.8, 4) is 0 Å². The van der Waals surface area contributed by atoms with Crippen LogP contribution in [0.3, 0.4) is 0 Å². The Morgan fingerprint density at radius 1 is 1.26 bits per heavy atom. The molecule has 0 aromatic carbocycles. The van der Waals surface area contributed by atoms with E-state index < -0.39 is 0 Å². The molecule has 0 unspecified atom stereocenters. The summed E-state index contributed by atoms with van der Waals surface area (Å²) in [5.74, 6) is 1.73. The highest BCUT2D eigenvalue weighted by Crippen LogP contribution is 2.19. The molecule has 7 heteroatoms. The van der Waals surface area contributed by atoms with Gasteiger partial charge in [-0.25, -0.2) is 9.97 Å². The number of rotatable bonds is 3. The number of carbonyl (C=O) groups is 1.